The van der Waals surface area contributed by atoms with Crippen molar-refractivity contribution >= 4 is 11.6 Å². The summed E-state index contributed by atoms with van der Waals surface area (Å²) >= 11 is 0. The number of amides is 1. The number of hydrogen-bond acceptors (Lipinski definition) is 4. The van der Waals surface area contributed by atoms with Crippen molar-refractivity contribution in [1.82, 2.24) is 24.8 Å². The molecule has 23 heavy (non-hydrogen) atoms. The molecule has 1 aliphatic heterocycles. The van der Waals surface area contributed by atoms with Crippen molar-refractivity contribution < 1.29 is 4.79 Å². The Labute approximate surface area is 136 Å². The van der Waals surface area contributed by atoms with Crippen molar-refractivity contribution in [1.29, 1.82) is 0 Å². The lowest BCUT2D eigenvalue weighted by atomic mass is 10.1. The Morgan fingerprint density at radius 1 is 1.43 bits per heavy atom. The van der Waals surface area contributed by atoms with Gasteiger partial charge in [-0.1, -0.05) is 0 Å². The fourth-order valence-corrected chi connectivity index (χ4v) is 3.20. The van der Waals surface area contributed by atoms with Crippen LogP contribution >= 0.6 is 0 Å². The van der Waals surface area contributed by atoms with Crippen molar-refractivity contribution in [3.05, 3.63) is 29.2 Å². The van der Waals surface area contributed by atoms with Crippen molar-refractivity contribution in [2.45, 2.75) is 59.2 Å². The molecule has 0 bridgehead atoms. The highest BCUT2D eigenvalue weighted by Crippen LogP contribution is 2.17. The minimum absolute atomic E-state index is 0.169. The van der Waals surface area contributed by atoms with Gasteiger partial charge in [-0.3, -0.25) is 9.69 Å². The van der Waals surface area contributed by atoms with Crippen molar-refractivity contribution in [3.63, 3.8) is 0 Å². The monoisotopic (exact) mass is 315 g/mol. The summed E-state index contributed by atoms with van der Waals surface area (Å²) < 4.78 is 1.90. The SMILES string of the molecule is Cc1cc(C)n2ncc(CN(C[C@@H]3CCC(=O)N3)C(C)C)c2n1. The first-order valence-corrected chi connectivity index (χ1v) is 8.28. The van der Waals surface area contributed by atoms with E-state index in [4.69, 9.17) is 0 Å². The quantitative estimate of drug-likeness (QED) is 0.914. The summed E-state index contributed by atoms with van der Waals surface area (Å²) in [5, 5.41) is 7.53. The predicted molar refractivity (Wildman–Crippen MR) is 89.2 cm³/mol. The lowest BCUT2D eigenvalue weighted by molar-refractivity contribution is -0.119. The van der Waals surface area contributed by atoms with Gasteiger partial charge < -0.3 is 5.32 Å². The average Bonchev–Trinajstić information content (AvgIpc) is 3.05. The van der Waals surface area contributed by atoms with Gasteiger partial charge in [0.05, 0.1) is 6.20 Å². The highest BCUT2D eigenvalue weighted by atomic mass is 16.1. The second kappa shape index (κ2) is 6.28. The molecule has 0 spiro atoms. The van der Waals surface area contributed by atoms with Crippen LogP contribution in [0.4, 0.5) is 0 Å². The zero-order chi connectivity index (χ0) is 16.6. The van der Waals surface area contributed by atoms with Crippen molar-refractivity contribution in [2.24, 2.45) is 0 Å². The molecular formula is C17H25N5O. The second-order valence-electron chi connectivity index (χ2n) is 6.77. The minimum atomic E-state index is 0.169. The molecule has 6 heteroatoms. The molecule has 3 rings (SSSR count). The predicted octanol–water partition coefficient (Wildman–Crippen LogP) is 1.84. The van der Waals surface area contributed by atoms with Crippen LogP contribution in [0, 0.1) is 13.8 Å². The maximum Gasteiger partial charge on any atom is 0.220 e. The lowest BCUT2D eigenvalue weighted by Crippen LogP contribution is -2.41. The van der Waals surface area contributed by atoms with Crippen LogP contribution in [0.3, 0.4) is 0 Å². The molecule has 0 unspecified atom stereocenters. The van der Waals surface area contributed by atoms with Crippen LogP contribution in [0.25, 0.3) is 5.65 Å². The number of aromatic nitrogens is 3. The molecular weight excluding hydrogens is 290 g/mol. The Bertz CT molecular complexity index is 721. The minimum Gasteiger partial charge on any atom is -0.352 e. The fraction of sp³-hybridized carbons (Fsp3) is 0.588. The van der Waals surface area contributed by atoms with E-state index in [1.165, 1.54) is 0 Å². The summed E-state index contributed by atoms with van der Waals surface area (Å²) in [7, 11) is 0. The maximum absolute atomic E-state index is 11.4. The third-order valence-corrected chi connectivity index (χ3v) is 4.49. The Kier molecular flexibility index (Phi) is 4.35. The smallest absolute Gasteiger partial charge is 0.220 e. The van der Waals surface area contributed by atoms with Gasteiger partial charge in [-0.2, -0.15) is 5.10 Å². The molecule has 1 amide bonds. The molecule has 3 heterocycles. The van der Waals surface area contributed by atoms with Crippen LogP contribution in [-0.2, 0) is 11.3 Å². The van der Waals surface area contributed by atoms with E-state index in [2.05, 4.69) is 34.1 Å². The molecule has 0 radical (unpaired) electrons. The molecule has 1 atom stereocenters. The zero-order valence-electron chi connectivity index (χ0n) is 14.3. The average molecular weight is 315 g/mol. The van der Waals surface area contributed by atoms with Gasteiger partial charge >= 0.3 is 0 Å². The highest BCUT2D eigenvalue weighted by molar-refractivity contribution is 5.78. The zero-order valence-corrected chi connectivity index (χ0v) is 14.3. The van der Waals surface area contributed by atoms with Gasteiger partial charge in [0.2, 0.25) is 5.91 Å². The second-order valence-corrected chi connectivity index (χ2v) is 6.77. The number of hydrogen-bond donors (Lipinski definition) is 1. The topological polar surface area (TPSA) is 62.5 Å². The van der Waals surface area contributed by atoms with Gasteiger partial charge in [-0.15, -0.1) is 0 Å². The molecule has 124 valence electrons. The Morgan fingerprint density at radius 2 is 2.22 bits per heavy atom. The van der Waals surface area contributed by atoms with Gasteiger partial charge in [0.1, 0.15) is 0 Å². The first-order valence-electron chi connectivity index (χ1n) is 8.28. The summed E-state index contributed by atoms with van der Waals surface area (Å²) in [6.07, 6.45) is 3.48. The number of carbonyl (C=O) groups is 1. The van der Waals surface area contributed by atoms with Crippen molar-refractivity contribution in [2.75, 3.05) is 6.54 Å². The largest absolute Gasteiger partial charge is 0.352 e. The summed E-state index contributed by atoms with van der Waals surface area (Å²) in [5.41, 5.74) is 4.17. The van der Waals surface area contributed by atoms with E-state index in [1.54, 1.807) is 0 Å². The third-order valence-electron chi connectivity index (χ3n) is 4.49. The summed E-state index contributed by atoms with van der Waals surface area (Å²) in [4.78, 5) is 18.5. The normalized spacial score (nSPS) is 18.3. The standard InChI is InChI=1S/C17H25N5O/c1-11(2)21(10-15-5-6-16(23)20-15)9-14-8-18-22-13(4)7-12(3)19-17(14)22/h7-8,11,15H,5-6,9-10H2,1-4H3,(H,20,23)/t15-/m0/s1. The molecule has 2 aromatic rings. The number of rotatable bonds is 5. The molecule has 1 aliphatic rings. The van der Waals surface area contributed by atoms with Crippen LogP contribution in [0.15, 0.2) is 12.3 Å². The molecule has 1 saturated heterocycles. The van der Waals surface area contributed by atoms with Crippen LogP contribution in [0.1, 0.15) is 43.6 Å². The van der Waals surface area contributed by atoms with Gasteiger partial charge in [0, 0.05) is 48.5 Å². The number of carbonyl (C=O) groups excluding carboxylic acids is 1. The maximum atomic E-state index is 11.4. The van der Waals surface area contributed by atoms with Gasteiger partial charge in [0.25, 0.3) is 0 Å². The van der Waals surface area contributed by atoms with Crippen LogP contribution in [-0.4, -0.2) is 44.0 Å². The van der Waals surface area contributed by atoms with E-state index in [-0.39, 0.29) is 11.9 Å². The molecule has 1 N–H and O–H groups in total. The third kappa shape index (κ3) is 3.37. The molecule has 6 nitrogen and oxygen atoms in total. The number of aryl methyl sites for hydroxylation is 2. The lowest BCUT2D eigenvalue weighted by Gasteiger charge is -2.28. The van der Waals surface area contributed by atoms with Gasteiger partial charge in [-0.05, 0) is 40.2 Å². The summed E-state index contributed by atoms with van der Waals surface area (Å²) in [5.74, 6) is 0.169. The molecule has 0 aliphatic carbocycles. The molecule has 0 saturated carbocycles. The highest BCUT2D eigenvalue weighted by Gasteiger charge is 2.25. The van der Waals surface area contributed by atoms with E-state index in [0.717, 1.165) is 42.1 Å². The van der Waals surface area contributed by atoms with Gasteiger partial charge in [-0.25, -0.2) is 9.50 Å². The number of nitrogens with zero attached hydrogens (tertiary/aromatic N) is 4. The molecule has 2 aromatic heterocycles. The van der Waals surface area contributed by atoms with E-state index in [0.29, 0.717) is 12.5 Å². The van der Waals surface area contributed by atoms with Crippen LogP contribution in [0.2, 0.25) is 0 Å². The van der Waals surface area contributed by atoms with E-state index in [1.807, 2.05) is 30.6 Å². The number of fused-ring (bicyclic) bond motifs is 1. The summed E-state index contributed by atoms with van der Waals surface area (Å²) in [6.45, 7) is 10.1. The van der Waals surface area contributed by atoms with E-state index >= 15 is 0 Å². The Hall–Kier alpha value is -1.95. The molecule has 0 aromatic carbocycles. The fourth-order valence-electron chi connectivity index (χ4n) is 3.20. The first kappa shape index (κ1) is 15.9. The van der Waals surface area contributed by atoms with E-state index < -0.39 is 0 Å². The Balaban J connectivity index is 1.81. The number of nitrogens with one attached hydrogen (secondary N) is 1. The van der Waals surface area contributed by atoms with Crippen LogP contribution in [0.5, 0.6) is 0 Å². The van der Waals surface area contributed by atoms with Crippen molar-refractivity contribution in [3.8, 4) is 0 Å². The van der Waals surface area contributed by atoms with Gasteiger partial charge in [0.15, 0.2) is 5.65 Å². The van der Waals surface area contributed by atoms with Crippen LogP contribution < -0.4 is 5.32 Å². The molecule has 1 fully saturated rings. The van der Waals surface area contributed by atoms with E-state index in [9.17, 15) is 4.79 Å². The summed E-state index contributed by atoms with van der Waals surface area (Å²) in [6, 6.07) is 2.69. The first-order chi connectivity index (χ1) is 10.9. The Morgan fingerprint density at radius 3 is 2.87 bits per heavy atom.